The molecule has 76 valence electrons. The van der Waals surface area contributed by atoms with Crippen LogP contribution < -0.4 is 0 Å². The summed E-state index contributed by atoms with van der Waals surface area (Å²) >= 11 is 0. The number of nitrogens with zero attached hydrogens (tertiary/aromatic N) is 1. The highest BCUT2D eigenvalue weighted by molar-refractivity contribution is 5.64. The molecule has 0 heterocycles. The first kappa shape index (κ1) is 11.0. The molecule has 0 fully saturated rings. The molecule has 1 aromatic carbocycles. The number of unbranched alkanes of at least 4 members (excludes halogenated alkanes) is 2. The summed E-state index contributed by atoms with van der Waals surface area (Å²) in [6.45, 7) is 6.42. The van der Waals surface area contributed by atoms with Gasteiger partial charge in [0.1, 0.15) is 0 Å². The Morgan fingerprint density at radius 3 is 2.71 bits per heavy atom. The van der Waals surface area contributed by atoms with Crippen LogP contribution in [0.5, 0.6) is 0 Å². The molecule has 0 aliphatic carbocycles. The van der Waals surface area contributed by atoms with Gasteiger partial charge in [0.25, 0.3) is 0 Å². The molecule has 0 aliphatic heterocycles. The Morgan fingerprint density at radius 2 is 2.07 bits per heavy atom. The van der Waals surface area contributed by atoms with Crippen molar-refractivity contribution in [3.05, 3.63) is 29.3 Å². The van der Waals surface area contributed by atoms with Crippen LogP contribution in [0, 0.1) is 13.8 Å². The van der Waals surface area contributed by atoms with E-state index in [0.29, 0.717) is 0 Å². The van der Waals surface area contributed by atoms with Crippen molar-refractivity contribution in [3.8, 4) is 0 Å². The molecule has 0 saturated heterocycles. The van der Waals surface area contributed by atoms with Gasteiger partial charge in [-0.3, -0.25) is 4.99 Å². The van der Waals surface area contributed by atoms with Gasteiger partial charge in [0, 0.05) is 6.21 Å². The van der Waals surface area contributed by atoms with Crippen LogP contribution in [-0.4, -0.2) is 6.21 Å². The highest BCUT2D eigenvalue weighted by Crippen LogP contribution is 2.18. The molecular formula is C13H19N. The zero-order chi connectivity index (χ0) is 10.4. The van der Waals surface area contributed by atoms with Crippen LogP contribution in [0.25, 0.3) is 0 Å². The third-order valence-electron chi connectivity index (χ3n) is 2.27. The SMILES string of the molecule is CCCC/C=N\c1ccc(C)cc1C. The molecule has 0 amide bonds. The first-order chi connectivity index (χ1) is 6.74. The molecule has 0 aromatic heterocycles. The van der Waals surface area contributed by atoms with Gasteiger partial charge >= 0.3 is 0 Å². The summed E-state index contributed by atoms with van der Waals surface area (Å²) in [7, 11) is 0. The van der Waals surface area contributed by atoms with Crippen molar-refractivity contribution >= 4 is 11.9 Å². The Hall–Kier alpha value is -1.11. The average Bonchev–Trinajstić information content (AvgIpc) is 2.15. The van der Waals surface area contributed by atoms with Crippen LogP contribution in [-0.2, 0) is 0 Å². The third-order valence-corrected chi connectivity index (χ3v) is 2.27. The zero-order valence-electron chi connectivity index (χ0n) is 9.38. The second kappa shape index (κ2) is 5.58. The molecule has 1 nitrogen and oxygen atoms in total. The number of hydrogen-bond donors (Lipinski definition) is 0. The maximum atomic E-state index is 4.46. The molecule has 1 rings (SSSR count). The smallest absolute Gasteiger partial charge is 0.0655 e. The Labute approximate surface area is 86.9 Å². The number of aryl methyl sites for hydroxylation is 2. The topological polar surface area (TPSA) is 12.4 Å². The van der Waals surface area contributed by atoms with Gasteiger partial charge < -0.3 is 0 Å². The molecule has 14 heavy (non-hydrogen) atoms. The van der Waals surface area contributed by atoms with Gasteiger partial charge in [0.05, 0.1) is 5.69 Å². The van der Waals surface area contributed by atoms with Crippen molar-refractivity contribution in [2.75, 3.05) is 0 Å². The van der Waals surface area contributed by atoms with Crippen LogP contribution >= 0.6 is 0 Å². The maximum Gasteiger partial charge on any atom is 0.0655 e. The molecular weight excluding hydrogens is 170 g/mol. The highest BCUT2D eigenvalue weighted by Gasteiger charge is 1.94. The van der Waals surface area contributed by atoms with Gasteiger partial charge in [-0.05, 0) is 38.3 Å². The van der Waals surface area contributed by atoms with E-state index in [1.807, 2.05) is 6.21 Å². The number of benzene rings is 1. The molecule has 1 heteroatoms. The minimum Gasteiger partial charge on any atom is -0.261 e. The molecule has 0 bridgehead atoms. The van der Waals surface area contributed by atoms with Crippen molar-refractivity contribution in [3.63, 3.8) is 0 Å². The fraction of sp³-hybridized carbons (Fsp3) is 0.462. The van der Waals surface area contributed by atoms with E-state index in [1.165, 1.54) is 24.0 Å². The number of hydrogen-bond acceptors (Lipinski definition) is 1. The summed E-state index contributed by atoms with van der Waals surface area (Å²) in [5, 5.41) is 0. The molecule has 0 radical (unpaired) electrons. The van der Waals surface area contributed by atoms with E-state index in [-0.39, 0.29) is 0 Å². The molecule has 0 spiro atoms. The molecule has 0 saturated carbocycles. The van der Waals surface area contributed by atoms with Gasteiger partial charge in [0.15, 0.2) is 0 Å². The lowest BCUT2D eigenvalue weighted by molar-refractivity contribution is 0.842. The van der Waals surface area contributed by atoms with Gasteiger partial charge in [-0.1, -0.05) is 31.0 Å². The van der Waals surface area contributed by atoms with Gasteiger partial charge in [-0.2, -0.15) is 0 Å². The Bertz CT molecular complexity index is 313. The van der Waals surface area contributed by atoms with Crippen molar-refractivity contribution in [2.45, 2.75) is 40.0 Å². The number of rotatable bonds is 4. The largest absolute Gasteiger partial charge is 0.261 e. The fourth-order valence-electron chi connectivity index (χ4n) is 1.41. The summed E-state index contributed by atoms with van der Waals surface area (Å²) in [6.07, 6.45) is 5.58. The monoisotopic (exact) mass is 189 g/mol. The number of aliphatic imine (C=N–C) groups is 1. The summed E-state index contributed by atoms with van der Waals surface area (Å²) in [5.74, 6) is 0. The first-order valence-corrected chi connectivity index (χ1v) is 5.34. The lowest BCUT2D eigenvalue weighted by Gasteiger charge is -2.00. The van der Waals surface area contributed by atoms with E-state index < -0.39 is 0 Å². The Morgan fingerprint density at radius 1 is 1.29 bits per heavy atom. The third kappa shape index (κ3) is 3.33. The second-order valence-corrected chi connectivity index (χ2v) is 3.74. The average molecular weight is 189 g/mol. The Kier molecular flexibility index (Phi) is 4.37. The predicted molar refractivity (Wildman–Crippen MR) is 63.6 cm³/mol. The maximum absolute atomic E-state index is 4.46. The lowest BCUT2D eigenvalue weighted by atomic mass is 10.1. The first-order valence-electron chi connectivity index (χ1n) is 5.34. The molecule has 0 N–H and O–H groups in total. The molecule has 0 unspecified atom stereocenters. The van der Waals surface area contributed by atoms with Crippen LogP contribution in [0.2, 0.25) is 0 Å². The van der Waals surface area contributed by atoms with E-state index in [4.69, 9.17) is 0 Å². The fourth-order valence-corrected chi connectivity index (χ4v) is 1.41. The zero-order valence-corrected chi connectivity index (χ0v) is 9.38. The Balaban J connectivity index is 2.62. The summed E-state index contributed by atoms with van der Waals surface area (Å²) in [5.41, 5.74) is 3.67. The predicted octanol–water partition coefficient (Wildman–Crippen LogP) is 4.20. The normalized spacial score (nSPS) is 11.1. The van der Waals surface area contributed by atoms with Crippen molar-refractivity contribution in [1.82, 2.24) is 0 Å². The van der Waals surface area contributed by atoms with Gasteiger partial charge in [0.2, 0.25) is 0 Å². The van der Waals surface area contributed by atoms with Crippen LogP contribution in [0.4, 0.5) is 5.69 Å². The standard InChI is InChI=1S/C13H19N/c1-4-5-6-9-14-13-8-7-11(2)10-12(13)3/h7-10H,4-6H2,1-3H3/b14-9-. The van der Waals surface area contributed by atoms with Gasteiger partial charge in [-0.25, -0.2) is 0 Å². The minimum atomic E-state index is 1.09. The van der Waals surface area contributed by atoms with Crippen LogP contribution in [0.1, 0.15) is 37.3 Å². The second-order valence-electron chi connectivity index (χ2n) is 3.74. The quantitative estimate of drug-likeness (QED) is 0.497. The molecule has 1 aromatic rings. The van der Waals surface area contributed by atoms with Crippen molar-refractivity contribution < 1.29 is 0 Å². The van der Waals surface area contributed by atoms with Crippen LogP contribution in [0.15, 0.2) is 23.2 Å². The molecule has 0 atom stereocenters. The van der Waals surface area contributed by atoms with E-state index in [2.05, 4.69) is 44.0 Å². The van der Waals surface area contributed by atoms with E-state index >= 15 is 0 Å². The molecule has 0 aliphatic rings. The van der Waals surface area contributed by atoms with E-state index in [0.717, 1.165) is 12.1 Å². The van der Waals surface area contributed by atoms with E-state index in [1.54, 1.807) is 0 Å². The van der Waals surface area contributed by atoms with Crippen molar-refractivity contribution in [1.29, 1.82) is 0 Å². The minimum absolute atomic E-state index is 1.09. The van der Waals surface area contributed by atoms with Gasteiger partial charge in [-0.15, -0.1) is 0 Å². The highest BCUT2D eigenvalue weighted by atomic mass is 14.7. The van der Waals surface area contributed by atoms with Crippen molar-refractivity contribution in [2.24, 2.45) is 4.99 Å². The van der Waals surface area contributed by atoms with E-state index in [9.17, 15) is 0 Å². The summed E-state index contributed by atoms with van der Waals surface area (Å²) in [4.78, 5) is 4.46. The summed E-state index contributed by atoms with van der Waals surface area (Å²) < 4.78 is 0. The lowest BCUT2D eigenvalue weighted by Crippen LogP contribution is -1.79. The van der Waals surface area contributed by atoms with Crippen LogP contribution in [0.3, 0.4) is 0 Å². The summed E-state index contributed by atoms with van der Waals surface area (Å²) in [6, 6.07) is 6.37.